The van der Waals surface area contributed by atoms with E-state index in [1.54, 1.807) is 6.20 Å². The maximum Gasteiger partial charge on any atom is 0.224 e. The number of hydrogen-bond donors (Lipinski definition) is 2. The molecule has 2 aliphatic rings. The molecule has 0 unspecified atom stereocenters. The van der Waals surface area contributed by atoms with E-state index < -0.39 is 10.0 Å². The van der Waals surface area contributed by atoms with Crippen LogP contribution in [0.25, 0.3) is 21.9 Å². The Hall–Kier alpha value is -2.03. The van der Waals surface area contributed by atoms with Gasteiger partial charge in [0.05, 0.1) is 11.7 Å². The van der Waals surface area contributed by atoms with E-state index in [2.05, 4.69) is 30.6 Å². The topological polar surface area (TPSA) is 91.0 Å². The van der Waals surface area contributed by atoms with E-state index in [1.165, 1.54) is 10.9 Å². The minimum absolute atomic E-state index is 0.108. The summed E-state index contributed by atoms with van der Waals surface area (Å²) in [4.78, 5) is 14.1. The number of hydrogen-bond acceptors (Lipinski definition) is 5. The molecule has 1 saturated heterocycles. The molecule has 0 atom stereocenters. The third kappa shape index (κ3) is 3.64. The lowest BCUT2D eigenvalue weighted by Gasteiger charge is -2.32. The number of nitrogens with zero attached hydrogens (tertiary/aromatic N) is 3. The molecule has 1 saturated carbocycles. The van der Waals surface area contributed by atoms with Crippen molar-refractivity contribution in [2.45, 2.75) is 31.6 Å². The second kappa shape index (κ2) is 7.09. The standard InChI is InChI=1S/C20H25N5O2S/c26-28(27,24-11-14-1-2-14)13-25-9-5-15(6-10-25)16-3-7-21-18-12-23-20-17(19(16)18)4-8-22-20/h3-4,7-8,12,14-15,21,24H,1-2,5-6,9-11,13H2. The van der Waals surface area contributed by atoms with E-state index in [0.29, 0.717) is 18.4 Å². The number of H-pyrrole nitrogens is 1. The van der Waals surface area contributed by atoms with Crippen molar-refractivity contribution in [2.24, 2.45) is 5.92 Å². The lowest BCUT2D eigenvalue weighted by atomic mass is 9.87. The highest BCUT2D eigenvalue weighted by Gasteiger charge is 2.27. The summed E-state index contributed by atoms with van der Waals surface area (Å²) in [5.74, 6) is 1.08. The van der Waals surface area contributed by atoms with Crippen LogP contribution in [0.4, 0.5) is 0 Å². The minimum atomic E-state index is -3.22. The maximum atomic E-state index is 12.3. The first-order valence-corrected chi connectivity index (χ1v) is 11.6. The second-order valence-corrected chi connectivity index (χ2v) is 9.87. The van der Waals surface area contributed by atoms with Crippen LogP contribution < -0.4 is 4.72 Å². The predicted molar refractivity (Wildman–Crippen MR) is 109 cm³/mol. The predicted octanol–water partition coefficient (Wildman–Crippen LogP) is 2.58. The molecule has 7 nitrogen and oxygen atoms in total. The van der Waals surface area contributed by atoms with E-state index in [-0.39, 0.29) is 5.88 Å². The fourth-order valence-corrected chi connectivity index (χ4v) is 5.57. The van der Waals surface area contributed by atoms with E-state index in [9.17, 15) is 8.42 Å². The number of nitrogens with one attached hydrogen (secondary N) is 2. The van der Waals surface area contributed by atoms with Crippen molar-refractivity contribution < 1.29 is 8.42 Å². The Labute approximate surface area is 164 Å². The van der Waals surface area contributed by atoms with Crippen LogP contribution in [0.3, 0.4) is 0 Å². The molecule has 1 aliphatic carbocycles. The molecule has 0 amide bonds. The van der Waals surface area contributed by atoms with Crippen LogP contribution in [0.5, 0.6) is 0 Å². The molecular formula is C20H25N5O2S. The van der Waals surface area contributed by atoms with Crippen LogP contribution in [0.2, 0.25) is 0 Å². The summed E-state index contributed by atoms with van der Waals surface area (Å²) in [5, 5.41) is 2.28. The summed E-state index contributed by atoms with van der Waals surface area (Å²) in [6, 6.07) is 4.18. The van der Waals surface area contributed by atoms with Gasteiger partial charge >= 0.3 is 0 Å². The van der Waals surface area contributed by atoms with E-state index in [0.717, 1.165) is 55.3 Å². The molecule has 2 N–H and O–H groups in total. The number of aromatic nitrogens is 3. The maximum absolute atomic E-state index is 12.3. The molecule has 148 valence electrons. The smallest absolute Gasteiger partial charge is 0.224 e. The molecule has 1 aliphatic heterocycles. The van der Waals surface area contributed by atoms with Crippen molar-refractivity contribution >= 4 is 32.0 Å². The van der Waals surface area contributed by atoms with Gasteiger partial charge in [-0.2, -0.15) is 0 Å². The SMILES string of the molecule is O=S(=O)(CN1CCC(c2cc[nH]c3cnc4nccc4c23)CC1)NCC1CC1. The van der Waals surface area contributed by atoms with Crippen molar-refractivity contribution in [2.75, 3.05) is 25.5 Å². The summed E-state index contributed by atoms with van der Waals surface area (Å²) in [7, 11) is -3.22. The fraction of sp³-hybridized carbons (Fsp3) is 0.500. The molecule has 8 heteroatoms. The first-order chi connectivity index (χ1) is 13.6. The van der Waals surface area contributed by atoms with Crippen LogP contribution in [0, 0.1) is 5.92 Å². The fourth-order valence-electron chi connectivity index (χ4n) is 4.25. The molecular weight excluding hydrogens is 374 g/mol. The zero-order chi connectivity index (χ0) is 19.1. The Morgan fingerprint density at radius 3 is 2.75 bits per heavy atom. The monoisotopic (exact) mass is 399 g/mol. The number of pyridine rings is 2. The molecule has 0 radical (unpaired) electrons. The van der Waals surface area contributed by atoms with Crippen molar-refractivity contribution in [1.29, 1.82) is 0 Å². The van der Waals surface area contributed by atoms with Gasteiger partial charge in [0, 0.05) is 29.7 Å². The van der Waals surface area contributed by atoms with Gasteiger partial charge in [-0.25, -0.2) is 23.1 Å². The lowest BCUT2D eigenvalue weighted by Crippen LogP contribution is -2.41. The van der Waals surface area contributed by atoms with Gasteiger partial charge in [-0.05, 0) is 68.3 Å². The van der Waals surface area contributed by atoms with Crippen LogP contribution in [0.15, 0.2) is 30.7 Å². The molecule has 5 rings (SSSR count). The summed E-state index contributed by atoms with van der Waals surface area (Å²) in [5.41, 5.74) is 3.11. The Morgan fingerprint density at radius 1 is 1.14 bits per heavy atom. The van der Waals surface area contributed by atoms with Crippen molar-refractivity contribution in [3.8, 4) is 0 Å². The van der Waals surface area contributed by atoms with Crippen molar-refractivity contribution in [3.05, 3.63) is 36.3 Å². The van der Waals surface area contributed by atoms with E-state index in [4.69, 9.17) is 0 Å². The first kappa shape index (κ1) is 18.0. The highest BCUT2D eigenvalue weighted by atomic mass is 32.2. The minimum Gasteiger partial charge on any atom is -0.360 e. The Kier molecular flexibility index (Phi) is 4.57. The van der Waals surface area contributed by atoms with E-state index >= 15 is 0 Å². The number of sulfonamides is 1. The Bertz CT molecular complexity index is 1100. The van der Waals surface area contributed by atoms with Crippen LogP contribution in [0.1, 0.15) is 37.2 Å². The summed E-state index contributed by atoms with van der Waals surface area (Å²) >= 11 is 0. The molecule has 2 fully saturated rings. The number of aromatic amines is 1. The summed E-state index contributed by atoms with van der Waals surface area (Å²) in [6.45, 7) is 2.19. The Balaban J connectivity index is 1.31. The van der Waals surface area contributed by atoms with Gasteiger partial charge in [0.2, 0.25) is 10.0 Å². The molecule has 4 heterocycles. The first-order valence-electron chi connectivity index (χ1n) is 9.99. The molecule has 0 bridgehead atoms. The van der Waals surface area contributed by atoms with Crippen LogP contribution >= 0.6 is 0 Å². The second-order valence-electron chi connectivity index (χ2n) is 8.09. The molecule has 3 aromatic heterocycles. The molecule has 3 aromatic rings. The number of rotatable bonds is 6. The van der Waals surface area contributed by atoms with Gasteiger partial charge in [0.1, 0.15) is 5.88 Å². The number of likely N-dealkylation sites (tertiary alicyclic amines) is 1. The highest BCUT2D eigenvalue weighted by Crippen LogP contribution is 2.35. The van der Waals surface area contributed by atoms with Crippen molar-refractivity contribution in [1.82, 2.24) is 24.6 Å². The van der Waals surface area contributed by atoms with Crippen molar-refractivity contribution in [3.63, 3.8) is 0 Å². The van der Waals surface area contributed by atoms with Gasteiger partial charge in [-0.1, -0.05) is 0 Å². The average Bonchev–Trinajstić information content (AvgIpc) is 3.41. The third-order valence-corrected chi connectivity index (χ3v) is 7.30. The highest BCUT2D eigenvalue weighted by molar-refractivity contribution is 7.89. The number of fused-ring (bicyclic) bond motifs is 3. The van der Waals surface area contributed by atoms with Crippen LogP contribution in [-0.4, -0.2) is 53.8 Å². The van der Waals surface area contributed by atoms with Crippen LogP contribution in [-0.2, 0) is 10.0 Å². The third-order valence-electron chi connectivity index (χ3n) is 5.99. The average molecular weight is 400 g/mol. The quantitative estimate of drug-likeness (QED) is 0.665. The van der Waals surface area contributed by atoms with Gasteiger partial charge in [-0.3, -0.25) is 4.90 Å². The molecule has 0 spiro atoms. The van der Waals surface area contributed by atoms with Gasteiger partial charge in [-0.15, -0.1) is 0 Å². The summed E-state index contributed by atoms with van der Waals surface area (Å²) in [6.07, 6.45) is 9.83. The largest absolute Gasteiger partial charge is 0.360 e. The lowest BCUT2D eigenvalue weighted by molar-refractivity contribution is 0.241. The number of piperidine rings is 1. The van der Waals surface area contributed by atoms with Gasteiger partial charge in [0.25, 0.3) is 0 Å². The normalized spacial score (nSPS) is 19.6. The summed E-state index contributed by atoms with van der Waals surface area (Å²) < 4.78 is 27.4. The zero-order valence-electron chi connectivity index (χ0n) is 15.8. The molecule has 28 heavy (non-hydrogen) atoms. The zero-order valence-corrected chi connectivity index (χ0v) is 16.6. The van der Waals surface area contributed by atoms with Gasteiger partial charge in [0.15, 0.2) is 5.65 Å². The van der Waals surface area contributed by atoms with E-state index in [1.807, 2.05) is 18.5 Å². The molecule has 0 aromatic carbocycles. The van der Waals surface area contributed by atoms with Gasteiger partial charge < -0.3 is 4.98 Å². The Morgan fingerprint density at radius 2 is 1.96 bits per heavy atom.